The Kier molecular flexibility index (Phi) is 13.5. The number of nitrogens with one attached hydrogen (secondary N) is 4. The van der Waals surface area contributed by atoms with Gasteiger partial charge < -0.3 is 37.5 Å². The van der Waals surface area contributed by atoms with E-state index in [1.807, 2.05) is 20.1 Å². The van der Waals surface area contributed by atoms with Gasteiger partial charge in [-0.15, -0.1) is 0 Å². The van der Waals surface area contributed by atoms with Crippen LogP contribution in [0.5, 0.6) is 0 Å². The Morgan fingerprint density at radius 1 is 1.06 bits per heavy atom. The van der Waals surface area contributed by atoms with Gasteiger partial charge in [-0.2, -0.15) is 11.8 Å². The maximum Gasteiger partial charge on any atom is 0.326 e. The Bertz CT molecular complexity index is 882. The van der Waals surface area contributed by atoms with Crippen LogP contribution in [0.2, 0.25) is 0 Å². The third kappa shape index (κ3) is 10.6. The summed E-state index contributed by atoms with van der Waals surface area (Å²) < 4.78 is 0. The van der Waals surface area contributed by atoms with Gasteiger partial charge in [-0.05, 0) is 30.8 Å². The van der Waals surface area contributed by atoms with Gasteiger partial charge in [-0.25, -0.2) is 9.78 Å². The first-order valence-electron chi connectivity index (χ1n) is 11.6. The molecule has 0 saturated carbocycles. The molecule has 0 spiro atoms. The zero-order valence-electron chi connectivity index (χ0n) is 20.8. The molecule has 1 aromatic rings. The van der Waals surface area contributed by atoms with Gasteiger partial charge in [0.2, 0.25) is 23.6 Å². The number of carbonyl (C=O) groups excluding carboxylic acids is 4. The van der Waals surface area contributed by atoms with Crippen LogP contribution in [-0.2, 0) is 30.4 Å². The molecule has 14 heteroatoms. The zero-order valence-corrected chi connectivity index (χ0v) is 21.6. The van der Waals surface area contributed by atoms with Crippen LogP contribution >= 0.6 is 11.8 Å². The fourth-order valence-corrected chi connectivity index (χ4v) is 3.67. The number of primary amides is 1. The second-order valence-electron chi connectivity index (χ2n) is 8.50. The molecule has 0 bridgehead atoms. The summed E-state index contributed by atoms with van der Waals surface area (Å²) in [6, 6.07) is -4.33. The number of hydrogen-bond donors (Lipinski definition) is 7. The van der Waals surface area contributed by atoms with E-state index in [0.717, 1.165) is 0 Å². The number of carboxylic acid groups (broad SMARTS) is 1. The number of rotatable bonds is 17. The topological polar surface area (TPSA) is 222 Å². The number of nitrogens with two attached hydrogens (primary N) is 2. The van der Waals surface area contributed by atoms with Crippen molar-refractivity contribution in [2.75, 3.05) is 12.0 Å². The molecule has 13 nitrogen and oxygen atoms in total. The zero-order chi connectivity index (χ0) is 27.3. The predicted octanol–water partition coefficient (Wildman–Crippen LogP) is -1.12. The number of carbonyl (C=O) groups is 5. The van der Waals surface area contributed by atoms with Gasteiger partial charge in [0.05, 0.1) is 12.4 Å². The van der Waals surface area contributed by atoms with Gasteiger partial charge >= 0.3 is 5.97 Å². The van der Waals surface area contributed by atoms with Crippen molar-refractivity contribution in [1.29, 1.82) is 0 Å². The summed E-state index contributed by atoms with van der Waals surface area (Å²) >= 11 is 1.48. The van der Waals surface area contributed by atoms with Crippen molar-refractivity contribution in [3.63, 3.8) is 0 Å². The number of carboxylic acids is 1. The summed E-state index contributed by atoms with van der Waals surface area (Å²) in [5, 5.41) is 17.1. The number of imidazole rings is 1. The second kappa shape index (κ2) is 15.8. The summed E-state index contributed by atoms with van der Waals surface area (Å²) in [7, 11) is 0. The summed E-state index contributed by atoms with van der Waals surface area (Å²) in [4.78, 5) is 68.2. The molecule has 5 atom stereocenters. The number of hydrogen-bond acceptors (Lipinski definition) is 8. The average molecular weight is 528 g/mol. The minimum atomic E-state index is -1.38. The van der Waals surface area contributed by atoms with E-state index in [9.17, 15) is 29.1 Å². The minimum Gasteiger partial charge on any atom is -0.480 e. The molecule has 0 radical (unpaired) electrons. The molecule has 202 valence electrons. The van der Waals surface area contributed by atoms with Crippen molar-refractivity contribution in [3.05, 3.63) is 18.2 Å². The summed E-state index contributed by atoms with van der Waals surface area (Å²) in [5.74, 6) is -3.46. The third-order valence-electron chi connectivity index (χ3n) is 5.71. The van der Waals surface area contributed by atoms with Crippen LogP contribution in [0.3, 0.4) is 0 Å². The lowest BCUT2D eigenvalue weighted by atomic mass is 9.99. The largest absolute Gasteiger partial charge is 0.480 e. The Balaban J connectivity index is 3.05. The van der Waals surface area contributed by atoms with E-state index >= 15 is 0 Å². The van der Waals surface area contributed by atoms with Crippen LogP contribution in [0.4, 0.5) is 0 Å². The molecule has 1 heterocycles. The van der Waals surface area contributed by atoms with Gasteiger partial charge in [-0.1, -0.05) is 20.3 Å². The molecule has 36 heavy (non-hydrogen) atoms. The summed E-state index contributed by atoms with van der Waals surface area (Å²) in [6.07, 6.45) is 5.23. The van der Waals surface area contributed by atoms with Crippen molar-refractivity contribution in [3.8, 4) is 0 Å². The molecule has 9 N–H and O–H groups in total. The maximum atomic E-state index is 13.2. The lowest BCUT2D eigenvalue weighted by Crippen LogP contribution is -2.58. The molecule has 4 amide bonds. The highest BCUT2D eigenvalue weighted by atomic mass is 32.2. The predicted molar refractivity (Wildman–Crippen MR) is 135 cm³/mol. The minimum absolute atomic E-state index is 0.0185. The van der Waals surface area contributed by atoms with Crippen molar-refractivity contribution in [1.82, 2.24) is 25.9 Å². The van der Waals surface area contributed by atoms with Crippen LogP contribution in [0.15, 0.2) is 12.5 Å². The highest BCUT2D eigenvalue weighted by Gasteiger charge is 2.31. The lowest BCUT2D eigenvalue weighted by Gasteiger charge is -2.26. The smallest absolute Gasteiger partial charge is 0.326 e. The van der Waals surface area contributed by atoms with Crippen molar-refractivity contribution in [2.45, 2.75) is 70.1 Å². The molecular formula is C22H37N7O6S. The fourth-order valence-electron chi connectivity index (χ4n) is 3.20. The Morgan fingerprint density at radius 2 is 1.67 bits per heavy atom. The fraction of sp³-hybridized carbons (Fsp3) is 0.636. The number of amides is 4. The lowest BCUT2D eigenvalue weighted by molar-refractivity contribution is -0.142. The standard InChI is InChI=1S/C22H37N7O6S/c1-4-12(2)18(24)21(33)27-14(7-8-36-3)19(31)29-16(9-13-10-25-11-26-13)20(32)28-15(22(34)35)5-6-17(23)30/h10-12,14-16,18H,4-9,24H2,1-3H3,(H2,23,30)(H,25,26)(H,27,33)(H,28,32)(H,29,31)(H,34,35). The number of H-pyrrole nitrogens is 1. The normalized spacial score (nSPS) is 15.1. The van der Waals surface area contributed by atoms with Gasteiger partial charge in [-0.3, -0.25) is 19.2 Å². The molecule has 0 aliphatic carbocycles. The molecule has 0 fully saturated rings. The number of nitrogens with zero attached hydrogens (tertiary/aromatic N) is 1. The molecule has 1 rings (SSSR count). The van der Waals surface area contributed by atoms with E-state index in [1.54, 1.807) is 0 Å². The first-order valence-corrected chi connectivity index (χ1v) is 13.0. The van der Waals surface area contributed by atoms with E-state index in [-0.39, 0.29) is 25.2 Å². The number of aromatic amines is 1. The van der Waals surface area contributed by atoms with E-state index < -0.39 is 53.8 Å². The second-order valence-corrected chi connectivity index (χ2v) is 9.49. The van der Waals surface area contributed by atoms with Gasteiger partial charge in [0.1, 0.15) is 18.1 Å². The summed E-state index contributed by atoms with van der Waals surface area (Å²) in [5.41, 5.74) is 11.6. The average Bonchev–Trinajstić information content (AvgIpc) is 3.35. The molecule has 0 aliphatic heterocycles. The number of thioether (sulfide) groups is 1. The highest BCUT2D eigenvalue weighted by molar-refractivity contribution is 7.98. The van der Waals surface area contributed by atoms with Gasteiger partial charge in [0.25, 0.3) is 0 Å². The van der Waals surface area contributed by atoms with Gasteiger partial charge in [0.15, 0.2) is 0 Å². The van der Waals surface area contributed by atoms with E-state index in [0.29, 0.717) is 24.3 Å². The first kappa shape index (κ1) is 30.9. The van der Waals surface area contributed by atoms with E-state index in [2.05, 4.69) is 25.9 Å². The maximum absolute atomic E-state index is 13.2. The molecule has 5 unspecified atom stereocenters. The Hall–Kier alpha value is -3.13. The molecule has 0 aliphatic rings. The number of aliphatic carboxylic acids is 1. The molecule has 0 aromatic carbocycles. The van der Waals surface area contributed by atoms with Crippen molar-refractivity contribution in [2.24, 2.45) is 17.4 Å². The Morgan fingerprint density at radius 3 is 2.19 bits per heavy atom. The van der Waals surface area contributed by atoms with Gasteiger partial charge in [0, 0.05) is 24.7 Å². The van der Waals surface area contributed by atoms with Crippen molar-refractivity contribution >= 4 is 41.4 Å². The first-order chi connectivity index (χ1) is 17.0. The van der Waals surface area contributed by atoms with Crippen LogP contribution in [0.1, 0.15) is 45.2 Å². The van der Waals surface area contributed by atoms with Crippen LogP contribution in [0.25, 0.3) is 0 Å². The quantitative estimate of drug-likeness (QED) is 0.130. The van der Waals surface area contributed by atoms with Crippen molar-refractivity contribution < 1.29 is 29.1 Å². The van der Waals surface area contributed by atoms with Crippen LogP contribution < -0.4 is 27.4 Å². The summed E-state index contributed by atoms with van der Waals surface area (Å²) in [6.45, 7) is 3.74. The Labute approximate surface area is 214 Å². The van der Waals surface area contributed by atoms with Crippen LogP contribution in [-0.4, -0.2) is 80.8 Å². The highest BCUT2D eigenvalue weighted by Crippen LogP contribution is 2.09. The third-order valence-corrected chi connectivity index (χ3v) is 6.35. The van der Waals surface area contributed by atoms with E-state index in [4.69, 9.17) is 11.5 Å². The molecule has 1 aromatic heterocycles. The molecule has 0 saturated heterocycles. The monoisotopic (exact) mass is 527 g/mol. The van der Waals surface area contributed by atoms with E-state index in [1.165, 1.54) is 24.3 Å². The number of aromatic nitrogens is 2. The van der Waals surface area contributed by atoms with Crippen LogP contribution in [0, 0.1) is 5.92 Å². The molecular weight excluding hydrogens is 490 g/mol. The SMILES string of the molecule is CCC(C)C(N)C(=O)NC(CCSC)C(=O)NC(Cc1cnc[nH]1)C(=O)NC(CCC(N)=O)C(=O)O.